The molecular formula is C14H19NO2. The van der Waals surface area contributed by atoms with E-state index in [-0.39, 0.29) is 17.4 Å². The molecule has 0 N–H and O–H groups in total. The molecule has 3 nitrogen and oxygen atoms in total. The van der Waals surface area contributed by atoms with Gasteiger partial charge in [0.25, 0.3) is 0 Å². The predicted octanol–water partition coefficient (Wildman–Crippen LogP) is 2.85. The molecule has 1 amide bonds. The van der Waals surface area contributed by atoms with E-state index in [1.54, 1.807) is 0 Å². The number of carbonyl (C=O) groups is 1. The van der Waals surface area contributed by atoms with Gasteiger partial charge in [-0.2, -0.15) is 0 Å². The van der Waals surface area contributed by atoms with Crippen LogP contribution in [-0.4, -0.2) is 18.6 Å². The molecule has 1 aromatic rings. The van der Waals surface area contributed by atoms with Gasteiger partial charge < -0.3 is 9.64 Å². The second-order valence-corrected chi connectivity index (χ2v) is 5.56. The summed E-state index contributed by atoms with van der Waals surface area (Å²) in [5.41, 5.74) is 0.509. The molecule has 0 radical (unpaired) electrons. The van der Waals surface area contributed by atoms with Crippen LogP contribution in [0.2, 0.25) is 0 Å². The van der Waals surface area contributed by atoms with Crippen molar-refractivity contribution >= 4 is 11.6 Å². The SMILES string of the molecule is CC1CN(C(=O)C(C)(C)C)c2ccccc2O1. The summed E-state index contributed by atoms with van der Waals surface area (Å²) in [5, 5.41) is 0. The van der Waals surface area contributed by atoms with E-state index in [2.05, 4.69) is 0 Å². The minimum absolute atomic E-state index is 0.0381. The Hall–Kier alpha value is -1.51. The minimum Gasteiger partial charge on any atom is -0.487 e. The van der Waals surface area contributed by atoms with Crippen molar-refractivity contribution in [2.24, 2.45) is 5.41 Å². The van der Waals surface area contributed by atoms with E-state index in [4.69, 9.17) is 4.74 Å². The van der Waals surface area contributed by atoms with Crippen LogP contribution in [0.1, 0.15) is 27.7 Å². The zero-order valence-corrected chi connectivity index (χ0v) is 10.9. The number of ether oxygens (including phenoxy) is 1. The normalized spacial score (nSPS) is 19.5. The maximum atomic E-state index is 12.4. The second-order valence-electron chi connectivity index (χ2n) is 5.56. The highest BCUT2D eigenvalue weighted by Gasteiger charge is 2.33. The van der Waals surface area contributed by atoms with Crippen LogP contribution in [0.3, 0.4) is 0 Å². The maximum Gasteiger partial charge on any atom is 0.232 e. The molecule has 0 aliphatic carbocycles. The van der Waals surface area contributed by atoms with E-state index in [9.17, 15) is 4.79 Å². The third kappa shape index (κ3) is 2.28. The molecule has 17 heavy (non-hydrogen) atoms. The van der Waals surface area contributed by atoms with E-state index in [1.165, 1.54) is 0 Å². The molecule has 1 aromatic carbocycles. The van der Waals surface area contributed by atoms with Gasteiger partial charge in [0.15, 0.2) is 0 Å². The van der Waals surface area contributed by atoms with Gasteiger partial charge in [0, 0.05) is 5.41 Å². The first-order valence-electron chi connectivity index (χ1n) is 5.97. The van der Waals surface area contributed by atoms with E-state index < -0.39 is 0 Å². The van der Waals surface area contributed by atoms with Crippen molar-refractivity contribution in [3.63, 3.8) is 0 Å². The molecular weight excluding hydrogens is 214 g/mol. The van der Waals surface area contributed by atoms with E-state index in [1.807, 2.05) is 56.9 Å². The molecule has 0 bridgehead atoms. The lowest BCUT2D eigenvalue weighted by Crippen LogP contribution is -2.46. The van der Waals surface area contributed by atoms with Crippen LogP contribution in [0.15, 0.2) is 24.3 Å². The highest BCUT2D eigenvalue weighted by Crippen LogP contribution is 2.35. The Morgan fingerprint density at radius 2 is 2.00 bits per heavy atom. The van der Waals surface area contributed by atoms with Gasteiger partial charge in [0.2, 0.25) is 5.91 Å². The molecule has 1 unspecified atom stereocenters. The highest BCUT2D eigenvalue weighted by atomic mass is 16.5. The molecule has 1 aliphatic heterocycles. The standard InChI is InChI=1S/C14H19NO2/c1-10-9-15(13(16)14(2,3)4)11-7-5-6-8-12(11)17-10/h5-8,10H,9H2,1-4H3. The summed E-state index contributed by atoms with van der Waals surface area (Å²) in [4.78, 5) is 14.2. The van der Waals surface area contributed by atoms with Crippen molar-refractivity contribution in [1.29, 1.82) is 0 Å². The summed E-state index contributed by atoms with van der Waals surface area (Å²) in [5.74, 6) is 0.934. The quantitative estimate of drug-likeness (QED) is 0.689. The van der Waals surface area contributed by atoms with Crippen LogP contribution >= 0.6 is 0 Å². The van der Waals surface area contributed by atoms with Crippen LogP contribution in [0, 0.1) is 5.41 Å². The first-order chi connectivity index (χ1) is 7.89. The van der Waals surface area contributed by atoms with Crippen LogP contribution in [0.25, 0.3) is 0 Å². The van der Waals surface area contributed by atoms with Crippen molar-refractivity contribution in [2.45, 2.75) is 33.8 Å². The Bertz CT molecular complexity index is 434. The van der Waals surface area contributed by atoms with Crippen molar-refractivity contribution in [3.05, 3.63) is 24.3 Å². The number of para-hydroxylation sites is 2. The third-order valence-corrected chi connectivity index (χ3v) is 2.81. The molecule has 0 spiro atoms. The minimum atomic E-state index is -0.371. The molecule has 2 rings (SSSR count). The number of anilines is 1. The lowest BCUT2D eigenvalue weighted by Gasteiger charge is -2.36. The van der Waals surface area contributed by atoms with E-state index in [0.29, 0.717) is 6.54 Å². The number of carbonyl (C=O) groups excluding carboxylic acids is 1. The average Bonchev–Trinajstić information content (AvgIpc) is 2.25. The summed E-state index contributed by atoms with van der Waals surface area (Å²) < 4.78 is 5.73. The third-order valence-electron chi connectivity index (χ3n) is 2.81. The van der Waals surface area contributed by atoms with E-state index >= 15 is 0 Å². The molecule has 0 fully saturated rings. The molecule has 3 heteroatoms. The lowest BCUT2D eigenvalue weighted by molar-refractivity contribution is -0.126. The van der Waals surface area contributed by atoms with Crippen LogP contribution in [-0.2, 0) is 4.79 Å². The maximum absolute atomic E-state index is 12.4. The summed E-state index contributed by atoms with van der Waals surface area (Å²) in [6.45, 7) is 8.43. The Balaban J connectivity index is 2.40. The Morgan fingerprint density at radius 1 is 1.35 bits per heavy atom. The van der Waals surface area contributed by atoms with Crippen LogP contribution in [0.4, 0.5) is 5.69 Å². The second kappa shape index (κ2) is 4.06. The molecule has 92 valence electrons. The number of fused-ring (bicyclic) bond motifs is 1. The van der Waals surface area contributed by atoms with Crippen molar-refractivity contribution in [1.82, 2.24) is 0 Å². The Kier molecular flexibility index (Phi) is 2.86. The van der Waals surface area contributed by atoms with Crippen molar-refractivity contribution < 1.29 is 9.53 Å². The van der Waals surface area contributed by atoms with Crippen LogP contribution in [0.5, 0.6) is 5.75 Å². The monoisotopic (exact) mass is 233 g/mol. The van der Waals surface area contributed by atoms with Gasteiger partial charge in [-0.1, -0.05) is 32.9 Å². The summed E-state index contributed by atoms with van der Waals surface area (Å²) in [6, 6.07) is 7.70. The van der Waals surface area contributed by atoms with Gasteiger partial charge in [-0.25, -0.2) is 0 Å². The number of amides is 1. The zero-order valence-electron chi connectivity index (χ0n) is 10.9. The zero-order chi connectivity index (χ0) is 12.6. The largest absolute Gasteiger partial charge is 0.487 e. The van der Waals surface area contributed by atoms with Crippen LogP contribution < -0.4 is 9.64 Å². The van der Waals surface area contributed by atoms with E-state index in [0.717, 1.165) is 11.4 Å². The highest BCUT2D eigenvalue weighted by molar-refractivity contribution is 5.98. The molecule has 0 saturated carbocycles. The van der Waals surface area contributed by atoms with Gasteiger partial charge in [-0.3, -0.25) is 4.79 Å². The molecule has 0 saturated heterocycles. The Morgan fingerprint density at radius 3 is 2.65 bits per heavy atom. The topological polar surface area (TPSA) is 29.5 Å². The number of hydrogen-bond donors (Lipinski definition) is 0. The number of nitrogens with zero attached hydrogens (tertiary/aromatic N) is 1. The summed E-state index contributed by atoms with van der Waals surface area (Å²) >= 11 is 0. The number of benzene rings is 1. The summed E-state index contributed by atoms with van der Waals surface area (Å²) in [7, 11) is 0. The fraction of sp³-hybridized carbons (Fsp3) is 0.500. The van der Waals surface area contributed by atoms with Crippen molar-refractivity contribution in [3.8, 4) is 5.75 Å². The molecule has 1 atom stereocenters. The first kappa shape index (κ1) is 12.0. The summed E-state index contributed by atoms with van der Waals surface area (Å²) in [6.07, 6.45) is 0.0381. The molecule has 0 aromatic heterocycles. The smallest absolute Gasteiger partial charge is 0.232 e. The fourth-order valence-corrected chi connectivity index (χ4v) is 1.99. The van der Waals surface area contributed by atoms with Gasteiger partial charge >= 0.3 is 0 Å². The molecule has 1 heterocycles. The van der Waals surface area contributed by atoms with Gasteiger partial charge in [0.1, 0.15) is 11.9 Å². The predicted molar refractivity (Wildman–Crippen MR) is 68.3 cm³/mol. The Labute approximate surface area is 102 Å². The number of rotatable bonds is 0. The average molecular weight is 233 g/mol. The number of hydrogen-bond acceptors (Lipinski definition) is 2. The van der Waals surface area contributed by atoms with Gasteiger partial charge in [0.05, 0.1) is 12.2 Å². The van der Waals surface area contributed by atoms with Gasteiger partial charge in [-0.15, -0.1) is 0 Å². The van der Waals surface area contributed by atoms with Gasteiger partial charge in [-0.05, 0) is 19.1 Å². The fourth-order valence-electron chi connectivity index (χ4n) is 1.99. The molecule has 1 aliphatic rings. The first-order valence-corrected chi connectivity index (χ1v) is 5.97. The lowest BCUT2D eigenvalue weighted by atomic mass is 9.94. The van der Waals surface area contributed by atoms with Crippen molar-refractivity contribution in [2.75, 3.05) is 11.4 Å².